The molecule has 1 saturated carbocycles. The van der Waals surface area contributed by atoms with Crippen LogP contribution in [0.2, 0.25) is 0 Å². The second kappa shape index (κ2) is 6.16. The van der Waals surface area contributed by atoms with Gasteiger partial charge in [0.15, 0.2) is 0 Å². The van der Waals surface area contributed by atoms with Crippen LogP contribution in [0, 0.1) is 0 Å². The van der Waals surface area contributed by atoms with Crippen molar-refractivity contribution in [2.45, 2.75) is 44.2 Å². The average Bonchev–Trinajstić information content (AvgIpc) is 2.37. The van der Waals surface area contributed by atoms with Gasteiger partial charge < -0.3 is 15.0 Å². The highest BCUT2D eigenvalue weighted by Crippen LogP contribution is 2.25. The quantitative estimate of drug-likeness (QED) is 0.806. The molecule has 0 aromatic carbocycles. The third kappa shape index (κ3) is 3.68. The lowest BCUT2D eigenvalue weighted by atomic mass is 9.83. The fraction of sp³-hybridized carbons (Fsp3) is 0.643. The number of rotatable bonds is 5. The molecule has 2 N–H and O–H groups in total. The Kier molecular flexibility index (Phi) is 4.55. The third-order valence-corrected chi connectivity index (χ3v) is 3.61. The van der Waals surface area contributed by atoms with Crippen molar-refractivity contribution < 1.29 is 4.74 Å². The molecule has 0 unspecified atom stereocenters. The number of hydrogen-bond donors (Lipinski definition) is 1. The van der Waals surface area contributed by atoms with Gasteiger partial charge in [0.05, 0.1) is 13.2 Å². The lowest BCUT2D eigenvalue weighted by Gasteiger charge is -2.33. The largest absolute Gasteiger partial charge is 0.378 e. The number of nitrogens with two attached hydrogens (primary N) is 1. The van der Waals surface area contributed by atoms with Crippen molar-refractivity contribution in [2.75, 3.05) is 13.2 Å². The fourth-order valence-corrected chi connectivity index (χ4v) is 2.48. The molecule has 0 bridgehead atoms. The molecule has 0 amide bonds. The molecule has 100 valence electrons. The van der Waals surface area contributed by atoms with Crippen LogP contribution in [0.15, 0.2) is 29.2 Å². The maximum atomic E-state index is 11.5. The minimum Gasteiger partial charge on any atom is -0.378 e. The van der Waals surface area contributed by atoms with Crippen molar-refractivity contribution in [1.82, 2.24) is 4.57 Å². The first-order valence-corrected chi connectivity index (χ1v) is 6.72. The Hall–Kier alpha value is -1.13. The second-order valence-electron chi connectivity index (χ2n) is 5.21. The molecule has 1 aliphatic rings. The van der Waals surface area contributed by atoms with E-state index in [1.807, 2.05) is 6.07 Å². The summed E-state index contributed by atoms with van der Waals surface area (Å²) >= 11 is 0. The number of hydrogen-bond acceptors (Lipinski definition) is 3. The fourth-order valence-electron chi connectivity index (χ4n) is 2.48. The summed E-state index contributed by atoms with van der Waals surface area (Å²) in [7, 11) is 0. The Morgan fingerprint density at radius 1 is 1.28 bits per heavy atom. The molecular weight excluding hydrogens is 228 g/mol. The van der Waals surface area contributed by atoms with Crippen molar-refractivity contribution in [3.05, 3.63) is 34.7 Å². The predicted molar refractivity (Wildman–Crippen MR) is 71.5 cm³/mol. The van der Waals surface area contributed by atoms with Crippen LogP contribution in [-0.2, 0) is 11.3 Å². The van der Waals surface area contributed by atoms with Crippen molar-refractivity contribution in [3.8, 4) is 0 Å². The summed E-state index contributed by atoms with van der Waals surface area (Å²) in [4.78, 5) is 11.5. The summed E-state index contributed by atoms with van der Waals surface area (Å²) in [5.41, 5.74) is 6.15. The Balaban J connectivity index is 1.73. The highest BCUT2D eigenvalue weighted by Gasteiger charge is 2.27. The number of aromatic nitrogens is 1. The highest BCUT2D eigenvalue weighted by atomic mass is 16.5. The van der Waals surface area contributed by atoms with Crippen LogP contribution >= 0.6 is 0 Å². The smallest absolute Gasteiger partial charge is 0.250 e. The van der Waals surface area contributed by atoms with Crippen LogP contribution in [0.4, 0.5) is 0 Å². The first-order chi connectivity index (χ1) is 8.70. The third-order valence-electron chi connectivity index (χ3n) is 3.61. The monoisotopic (exact) mass is 250 g/mol. The van der Waals surface area contributed by atoms with Crippen molar-refractivity contribution in [2.24, 2.45) is 5.73 Å². The number of pyridine rings is 1. The molecule has 18 heavy (non-hydrogen) atoms. The minimum absolute atomic E-state index is 0.0150. The van der Waals surface area contributed by atoms with Gasteiger partial charge in [-0.3, -0.25) is 4.79 Å². The predicted octanol–water partition coefficient (Wildman–Crippen LogP) is 1.53. The van der Waals surface area contributed by atoms with E-state index in [4.69, 9.17) is 10.5 Å². The van der Waals surface area contributed by atoms with Gasteiger partial charge in [0.1, 0.15) is 0 Å². The summed E-state index contributed by atoms with van der Waals surface area (Å²) in [5.74, 6) is 0. The average molecular weight is 250 g/mol. The zero-order valence-electron chi connectivity index (χ0n) is 10.8. The van der Waals surface area contributed by atoms with E-state index in [2.05, 4.69) is 0 Å². The molecule has 4 heteroatoms. The van der Waals surface area contributed by atoms with Crippen LogP contribution in [0.1, 0.15) is 32.1 Å². The lowest BCUT2D eigenvalue weighted by Crippen LogP contribution is -2.46. The Labute approximate surface area is 108 Å². The van der Waals surface area contributed by atoms with Gasteiger partial charge in [-0.05, 0) is 18.9 Å². The molecular formula is C14H22N2O2. The van der Waals surface area contributed by atoms with Gasteiger partial charge in [0.2, 0.25) is 0 Å². The van der Waals surface area contributed by atoms with Crippen molar-refractivity contribution in [1.29, 1.82) is 0 Å². The van der Waals surface area contributed by atoms with Gasteiger partial charge in [-0.15, -0.1) is 0 Å². The van der Waals surface area contributed by atoms with E-state index in [1.165, 1.54) is 19.3 Å². The molecule has 1 aliphatic carbocycles. The molecule has 0 radical (unpaired) electrons. The Morgan fingerprint density at radius 2 is 2.06 bits per heavy atom. The lowest BCUT2D eigenvalue weighted by molar-refractivity contribution is 0.0629. The molecule has 0 saturated heterocycles. The summed E-state index contributed by atoms with van der Waals surface area (Å²) in [6.45, 7) is 1.74. The van der Waals surface area contributed by atoms with Crippen molar-refractivity contribution >= 4 is 0 Å². The molecule has 0 aliphatic heterocycles. The SMILES string of the molecule is NC1(COCCn2ccccc2=O)CCCCC1. The summed E-state index contributed by atoms with van der Waals surface area (Å²) in [6.07, 6.45) is 7.59. The molecule has 2 rings (SSSR count). The van der Waals surface area contributed by atoms with E-state index in [0.717, 1.165) is 12.8 Å². The summed E-state index contributed by atoms with van der Waals surface area (Å²) < 4.78 is 7.31. The molecule has 1 aromatic rings. The molecule has 1 fully saturated rings. The van der Waals surface area contributed by atoms with Crippen LogP contribution in [0.5, 0.6) is 0 Å². The molecule has 4 nitrogen and oxygen atoms in total. The van der Waals surface area contributed by atoms with Crippen LogP contribution in [0.25, 0.3) is 0 Å². The number of nitrogens with zero attached hydrogens (tertiary/aromatic N) is 1. The van der Waals surface area contributed by atoms with Crippen LogP contribution < -0.4 is 11.3 Å². The number of ether oxygens (including phenoxy) is 1. The summed E-state index contributed by atoms with van der Waals surface area (Å²) in [5, 5.41) is 0. The Bertz CT molecular complexity index is 422. The normalized spacial score (nSPS) is 18.7. The maximum absolute atomic E-state index is 11.5. The highest BCUT2D eigenvalue weighted by molar-refractivity contribution is 4.93. The molecule has 0 atom stereocenters. The van der Waals surface area contributed by atoms with Gasteiger partial charge in [-0.1, -0.05) is 25.3 Å². The van der Waals surface area contributed by atoms with Crippen LogP contribution in [0.3, 0.4) is 0 Å². The van der Waals surface area contributed by atoms with Gasteiger partial charge in [0, 0.05) is 24.3 Å². The van der Waals surface area contributed by atoms with E-state index in [-0.39, 0.29) is 11.1 Å². The van der Waals surface area contributed by atoms with E-state index in [1.54, 1.807) is 22.9 Å². The van der Waals surface area contributed by atoms with Crippen LogP contribution in [-0.4, -0.2) is 23.3 Å². The minimum atomic E-state index is -0.139. The zero-order chi connectivity index (χ0) is 12.8. The standard InChI is InChI=1S/C14H22N2O2/c15-14(7-3-1-4-8-14)12-18-11-10-16-9-5-2-6-13(16)17/h2,5-6,9H,1,3-4,7-8,10-12,15H2. The van der Waals surface area contributed by atoms with Gasteiger partial charge >= 0.3 is 0 Å². The summed E-state index contributed by atoms with van der Waals surface area (Å²) in [6, 6.07) is 5.16. The first kappa shape index (κ1) is 13.3. The van der Waals surface area contributed by atoms with Gasteiger partial charge in [-0.25, -0.2) is 0 Å². The van der Waals surface area contributed by atoms with E-state index in [0.29, 0.717) is 19.8 Å². The van der Waals surface area contributed by atoms with Gasteiger partial charge in [0.25, 0.3) is 5.56 Å². The Morgan fingerprint density at radius 3 is 2.78 bits per heavy atom. The van der Waals surface area contributed by atoms with Crippen molar-refractivity contribution in [3.63, 3.8) is 0 Å². The van der Waals surface area contributed by atoms with E-state index >= 15 is 0 Å². The second-order valence-corrected chi connectivity index (χ2v) is 5.21. The zero-order valence-corrected chi connectivity index (χ0v) is 10.8. The maximum Gasteiger partial charge on any atom is 0.250 e. The van der Waals surface area contributed by atoms with E-state index < -0.39 is 0 Å². The molecule has 0 spiro atoms. The molecule has 1 aromatic heterocycles. The first-order valence-electron chi connectivity index (χ1n) is 6.72. The van der Waals surface area contributed by atoms with E-state index in [9.17, 15) is 4.79 Å². The van der Waals surface area contributed by atoms with Gasteiger partial charge in [-0.2, -0.15) is 0 Å². The topological polar surface area (TPSA) is 57.2 Å². The molecule has 1 heterocycles.